The van der Waals surface area contributed by atoms with Gasteiger partial charge in [0.15, 0.2) is 0 Å². The third-order valence-electron chi connectivity index (χ3n) is 3.06. The van der Waals surface area contributed by atoms with Crippen LogP contribution in [0.5, 0.6) is 0 Å². The fourth-order valence-electron chi connectivity index (χ4n) is 1.93. The van der Waals surface area contributed by atoms with Gasteiger partial charge in [0, 0.05) is 30.9 Å². The second-order valence-corrected chi connectivity index (χ2v) is 5.00. The Morgan fingerprint density at radius 2 is 1.62 bits per heavy atom. The molecular formula is C14H11F6N3O. The summed E-state index contributed by atoms with van der Waals surface area (Å²) in [5.74, 6) is -1.05. The standard InChI is InChI=1S/C14H11F6N3O/c1-23-7-8(6-22-23)5-21-12(24)9-2-10(13(15,16)17)4-11(3-9)14(18,19)20/h2-4,6-7H,5H2,1H3,(H,21,24). The first-order valence-electron chi connectivity index (χ1n) is 6.52. The van der Waals surface area contributed by atoms with Crippen molar-refractivity contribution in [3.05, 3.63) is 52.8 Å². The second-order valence-electron chi connectivity index (χ2n) is 5.00. The molecule has 0 unspecified atom stereocenters. The molecule has 0 aliphatic carbocycles. The largest absolute Gasteiger partial charge is 0.416 e. The van der Waals surface area contributed by atoms with E-state index in [1.165, 1.54) is 10.9 Å². The Hall–Kier alpha value is -2.52. The Bertz CT molecular complexity index is 715. The van der Waals surface area contributed by atoms with Crippen LogP contribution in [0, 0.1) is 0 Å². The fraction of sp³-hybridized carbons (Fsp3) is 0.286. The van der Waals surface area contributed by atoms with E-state index < -0.39 is 35.0 Å². The number of nitrogens with zero attached hydrogens (tertiary/aromatic N) is 2. The lowest BCUT2D eigenvalue weighted by Gasteiger charge is -2.14. The monoisotopic (exact) mass is 351 g/mol. The third kappa shape index (κ3) is 4.27. The molecule has 1 aromatic carbocycles. The Balaban J connectivity index is 2.28. The lowest BCUT2D eigenvalue weighted by molar-refractivity contribution is -0.143. The maximum Gasteiger partial charge on any atom is 0.416 e. The SMILES string of the molecule is Cn1cc(CNC(=O)c2cc(C(F)(F)F)cc(C(F)(F)F)c2)cn1. The summed E-state index contributed by atoms with van der Waals surface area (Å²) in [6.45, 7) is -0.0791. The van der Waals surface area contributed by atoms with Crippen molar-refractivity contribution in [1.29, 1.82) is 0 Å². The van der Waals surface area contributed by atoms with E-state index in [0.29, 0.717) is 17.7 Å². The van der Waals surface area contributed by atoms with Gasteiger partial charge in [-0.25, -0.2) is 0 Å². The van der Waals surface area contributed by atoms with Gasteiger partial charge in [0.2, 0.25) is 0 Å². The molecule has 0 fully saturated rings. The summed E-state index contributed by atoms with van der Waals surface area (Å²) < 4.78 is 77.9. The van der Waals surface area contributed by atoms with Gasteiger partial charge in [0.25, 0.3) is 5.91 Å². The van der Waals surface area contributed by atoms with Crippen LogP contribution in [0.1, 0.15) is 27.0 Å². The molecule has 1 heterocycles. The molecular weight excluding hydrogens is 340 g/mol. The Morgan fingerprint density at radius 1 is 1.08 bits per heavy atom. The first-order valence-corrected chi connectivity index (χ1v) is 6.52. The number of amides is 1. The van der Waals surface area contributed by atoms with Crippen LogP contribution < -0.4 is 5.32 Å². The number of alkyl halides is 6. The number of aryl methyl sites for hydroxylation is 1. The number of rotatable bonds is 3. The van der Waals surface area contributed by atoms with Crippen molar-refractivity contribution >= 4 is 5.91 Å². The summed E-state index contributed by atoms with van der Waals surface area (Å²) in [6.07, 6.45) is -7.04. The van der Waals surface area contributed by atoms with Gasteiger partial charge >= 0.3 is 12.4 Å². The molecule has 24 heavy (non-hydrogen) atoms. The van der Waals surface area contributed by atoms with Gasteiger partial charge < -0.3 is 5.32 Å². The van der Waals surface area contributed by atoms with Crippen molar-refractivity contribution < 1.29 is 31.1 Å². The highest BCUT2D eigenvalue weighted by Crippen LogP contribution is 2.36. The molecule has 130 valence electrons. The molecule has 0 radical (unpaired) electrons. The maximum absolute atomic E-state index is 12.7. The quantitative estimate of drug-likeness (QED) is 0.862. The number of carbonyl (C=O) groups is 1. The van der Waals surface area contributed by atoms with E-state index in [9.17, 15) is 31.1 Å². The predicted molar refractivity (Wildman–Crippen MR) is 70.8 cm³/mol. The number of hydrogen-bond acceptors (Lipinski definition) is 2. The predicted octanol–water partition coefficient (Wildman–Crippen LogP) is 3.39. The number of hydrogen-bond donors (Lipinski definition) is 1. The summed E-state index contributed by atoms with van der Waals surface area (Å²) in [6, 6.07) is 0.736. The lowest BCUT2D eigenvalue weighted by atomic mass is 10.0. The molecule has 1 N–H and O–H groups in total. The van der Waals surface area contributed by atoms with Crippen LogP contribution in [-0.2, 0) is 25.9 Å². The van der Waals surface area contributed by atoms with E-state index in [1.54, 1.807) is 13.2 Å². The zero-order valence-electron chi connectivity index (χ0n) is 12.2. The van der Waals surface area contributed by atoms with E-state index in [-0.39, 0.29) is 12.6 Å². The summed E-state index contributed by atoms with van der Waals surface area (Å²) in [5, 5.41) is 6.09. The molecule has 0 saturated heterocycles. The van der Waals surface area contributed by atoms with Gasteiger partial charge in [-0.1, -0.05) is 0 Å². The van der Waals surface area contributed by atoms with Gasteiger partial charge in [-0.3, -0.25) is 9.48 Å². The van der Waals surface area contributed by atoms with Gasteiger partial charge in [0.05, 0.1) is 17.3 Å². The highest BCUT2D eigenvalue weighted by atomic mass is 19.4. The van der Waals surface area contributed by atoms with Gasteiger partial charge in [-0.05, 0) is 18.2 Å². The number of carbonyl (C=O) groups excluding carboxylic acids is 1. The van der Waals surface area contributed by atoms with E-state index in [0.717, 1.165) is 0 Å². The van der Waals surface area contributed by atoms with E-state index >= 15 is 0 Å². The summed E-state index contributed by atoms with van der Waals surface area (Å²) in [4.78, 5) is 11.9. The van der Waals surface area contributed by atoms with Crippen LogP contribution in [0.15, 0.2) is 30.6 Å². The summed E-state index contributed by atoms with van der Waals surface area (Å²) >= 11 is 0. The smallest absolute Gasteiger partial charge is 0.348 e. The summed E-state index contributed by atoms with van der Waals surface area (Å²) in [7, 11) is 1.62. The minimum atomic E-state index is -5.00. The topological polar surface area (TPSA) is 46.9 Å². The van der Waals surface area contributed by atoms with Crippen LogP contribution in [0.3, 0.4) is 0 Å². The van der Waals surface area contributed by atoms with E-state index in [1.807, 2.05) is 0 Å². The first-order chi connectivity index (χ1) is 11.0. The van der Waals surface area contributed by atoms with Crippen molar-refractivity contribution in [2.75, 3.05) is 0 Å². The van der Waals surface area contributed by atoms with Crippen molar-refractivity contribution in [3.63, 3.8) is 0 Å². The van der Waals surface area contributed by atoms with Gasteiger partial charge in [-0.15, -0.1) is 0 Å². The molecule has 0 aliphatic rings. The Labute approximate surface area is 132 Å². The zero-order valence-corrected chi connectivity index (χ0v) is 12.2. The number of halogens is 6. The number of nitrogens with one attached hydrogen (secondary N) is 1. The minimum Gasteiger partial charge on any atom is -0.348 e. The number of benzene rings is 1. The van der Waals surface area contributed by atoms with E-state index in [2.05, 4.69) is 10.4 Å². The highest BCUT2D eigenvalue weighted by molar-refractivity contribution is 5.94. The molecule has 4 nitrogen and oxygen atoms in total. The number of aromatic nitrogens is 2. The van der Waals surface area contributed by atoms with Gasteiger partial charge in [0.1, 0.15) is 0 Å². The molecule has 0 aliphatic heterocycles. The molecule has 2 aromatic rings. The van der Waals surface area contributed by atoms with Crippen LogP contribution in [-0.4, -0.2) is 15.7 Å². The summed E-state index contributed by atoms with van der Waals surface area (Å²) in [5.41, 5.74) is -3.25. The fourth-order valence-corrected chi connectivity index (χ4v) is 1.93. The third-order valence-corrected chi connectivity index (χ3v) is 3.06. The molecule has 1 aromatic heterocycles. The van der Waals surface area contributed by atoms with Crippen LogP contribution in [0.2, 0.25) is 0 Å². The van der Waals surface area contributed by atoms with Crippen molar-refractivity contribution in [2.45, 2.75) is 18.9 Å². The van der Waals surface area contributed by atoms with Crippen LogP contribution >= 0.6 is 0 Å². The average molecular weight is 351 g/mol. The Kier molecular flexibility index (Phi) is 4.59. The first kappa shape index (κ1) is 17.8. The van der Waals surface area contributed by atoms with Crippen molar-refractivity contribution in [3.8, 4) is 0 Å². The average Bonchev–Trinajstić information content (AvgIpc) is 2.88. The van der Waals surface area contributed by atoms with Crippen molar-refractivity contribution in [2.24, 2.45) is 7.05 Å². The molecule has 0 bridgehead atoms. The highest BCUT2D eigenvalue weighted by Gasteiger charge is 2.37. The normalized spacial score (nSPS) is 12.3. The lowest BCUT2D eigenvalue weighted by Crippen LogP contribution is -2.24. The van der Waals surface area contributed by atoms with E-state index in [4.69, 9.17) is 0 Å². The molecule has 10 heteroatoms. The molecule has 1 amide bonds. The van der Waals surface area contributed by atoms with Crippen LogP contribution in [0.25, 0.3) is 0 Å². The zero-order chi connectivity index (χ0) is 18.1. The second kappa shape index (κ2) is 6.17. The molecule has 0 saturated carbocycles. The molecule has 2 rings (SSSR count). The van der Waals surface area contributed by atoms with Gasteiger partial charge in [-0.2, -0.15) is 31.4 Å². The molecule has 0 spiro atoms. The molecule has 0 atom stereocenters. The Morgan fingerprint density at radius 3 is 2.04 bits per heavy atom. The maximum atomic E-state index is 12.7. The minimum absolute atomic E-state index is 0.0299. The van der Waals surface area contributed by atoms with Crippen LogP contribution in [0.4, 0.5) is 26.3 Å². The van der Waals surface area contributed by atoms with Crippen molar-refractivity contribution in [1.82, 2.24) is 15.1 Å².